The molecule has 0 saturated carbocycles. The summed E-state index contributed by atoms with van der Waals surface area (Å²) < 4.78 is 5.85. The van der Waals surface area contributed by atoms with Crippen LogP contribution < -0.4 is 10.1 Å². The number of amides is 2. The standard InChI is InChI=1S/C22H22N4O4S/c1-14(27)30-17-5-3-4-15(12-17)20(28)24-22-23-18-7-6-16(13-19(18)31-22)21(29)26-10-8-25(2)9-11-26/h3-7,12-13H,8-11H2,1-2H3,(H,23,24,28). The van der Waals surface area contributed by atoms with Crippen molar-refractivity contribution >= 4 is 44.5 Å². The highest BCUT2D eigenvalue weighted by atomic mass is 32.1. The summed E-state index contributed by atoms with van der Waals surface area (Å²) in [5.41, 5.74) is 1.68. The van der Waals surface area contributed by atoms with E-state index in [0.717, 1.165) is 17.8 Å². The third-order valence-electron chi connectivity index (χ3n) is 5.00. The normalized spacial score (nSPS) is 14.5. The van der Waals surface area contributed by atoms with E-state index < -0.39 is 5.97 Å². The van der Waals surface area contributed by atoms with E-state index in [1.54, 1.807) is 30.3 Å². The van der Waals surface area contributed by atoms with Crippen LogP contribution in [0.15, 0.2) is 42.5 Å². The van der Waals surface area contributed by atoms with Crippen LogP contribution in [0.2, 0.25) is 0 Å². The van der Waals surface area contributed by atoms with Crippen LogP contribution in [0.25, 0.3) is 10.2 Å². The van der Waals surface area contributed by atoms with Gasteiger partial charge in [-0.05, 0) is 43.4 Å². The number of likely N-dealkylation sites (N-methyl/N-ethyl adjacent to an activating group) is 1. The Labute approximate surface area is 183 Å². The second-order valence-electron chi connectivity index (χ2n) is 7.37. The summed E-state index contributed by atoms with van der Waals surface area (Å²) in [5.74, 6) is -0.500. The lowest BCUT2D eigenvalue weighted by Gasteiger charge is -2.32. The van der Waals surface area contributed by atoms with E-state index in [2.05, 4.69) is 15.2 Å². The zero-order chi connectivity index (χ0) is 22.0. The summed E-state index contributed by atoms with van der Waals surface area (Å²) in [6, 6.07) is 11.8. The summed E-state index contributed by atoms with van der Waals surface area (Å²) in [6.45, 7) is 4.46. The molecule has 3 aromatic rings. The molecule has 1 fully saturated rings. The molecule has 0 spiro atoms. The Kier molecular flexibility index (Phi) is 5.97. The van der Waals surface area contributed by atoms with Crippen molar-refractivity contribution in [2.45, 2.75) is 6.92 Å². The predicted molar refractivity (Wildman–Crippen MR) is 119 cm³/mol. The van der Waals surface area contributed by atoms with Gasteiger partial charge in [-0.3, -0.25) is 19.7 Å². The molecule has 0 bridgehead atoms. The number of thiazole rings is 1. The van der Waals surface area contributed by atoms with Gasteiger partial charge in [0.2, 0.25) is 0 Å². The molecule has 160 valence electrons. The molecule has 9 heteroatoms. The predicted octanol–water partition coefficient (Wildman–Crippen LogP) is 2.86. The van der Waals surface area contributed by atoms with Crippen molar-refractivity contribution in [1.29, 1.82) is 0 Å². The molecule has 2 amide bonds. The Balaban J connectivity index is 1.49. The van der Waals surface area contributed by atoms with Gasteiger partial charge in [0.1, 0.15) is 5.75 Å². The zero-order valence-corrected chi connectivity index (χ0v) is 18.1. The highest BCUT2D eigenvalue weighted by Crippen LogP contribution is 2.28. The summed E-state index contributed by atoms with van der Waals surface area (Å²) in [5, 5.41) is 3.20. The van der Waals surface area contributed by atoms with Crippen molar-refractivity contribution < 1.29 is 19.1 Å². The van der Waals surface area contributed by atoms with Crippen LogP contribution in [0.1, 0.15) is 27.6 Å². The second kappa shape index (κ2) is 8.83. The molecule has 0 radical (unpaired) electrons. The fourth-order valence-electron chi connectivity index (χ4n) is 3.34. The Bertz CT molecular complexity index is 1150. The fourth-order valence-corrected chi connectivity index (χ4v) is 4.24. The van der Waals surface area contributed by atoms with Crippen molar-refractivity contribution in [1.82, 2.24) is 14.8 Å². The molecule has 0 unspecified atom stereocenters. The van der Waals surface area contributed by atoms with Crippen LogP contribution in [0.4, 0.5) is 5.13 Å². The first kappa shape index (κ1) is 21.0. The number of nitrogens with one attached hydrogen (secondary N) is 1. The molecule has 1 aliphatic heterocycles. The lowest BCUT2D eigenvalue weighted by molar-refractivity contribution is -0.131. The van der Waals surface area contributed by atoms with Gasteiger partial charge in [-0.2, -0.15) is 0 Å². The fraction of sp³-hybridized carbons (Fsp3) is 0.273. The number of anilines is 1. The average molecular weight is 439 g/mol. The summed E-state index contributed by atoms with van der Waals surface area (Å²) in [7, 11) is 2.05. The van der Waals surface area contributed by atoms with E-state index in [0.29, 0.717) is 40.6 Å². The molecular weight excluding hydrogens is 416 g/mol. The van der Waals surface area contributed by atoms with Crippen molar-refractivity contribution in [2.24, 2.45) is 0 Å². The maximum Gasteiger partial charge on any atom is 0.308 e. The van der Waals surface area contributed by atoms with Gasteiger partial charge >= 0.3 is 5.97 Å². The number of rotatable bonds is 4. The number of carbonyl (C=O) groups excluding carboxylic acids is 3. The van der Waals surface area contributed by atoms with Crippen LogP contribution in [-0.2, 0) is 4.79 Å². The van der Waals surface area contributed by atoms with Crippen LogP contribution in [0.3, 0.4) is 0 Å². The second-order valence-corrected chi connectivity index (χ2v) is 8.40. The van der Waals surface area contributed by atoms with Gasteiger partial charge in [0.15, 0.2) is 5.13 Å². The minimum atomic E-state index is -0.453. The first-order chi connectivity index (χ1) is 14.9. The van der Waals surface area contributed by atoms with Crippen LogP contribution >= 0.6 is 11.3 Å². The van der Waals surface area contributed by atoms with E-state index in [1.165, 1.54) is 24.3 Å². The Morgan fingerprint density at radius 3 is 2.55 bits per heavy atom. The SMILES string of the molecule is CC(=O)Oc1cccc(C(=O)Nc2nc3ccc(C(=O)N4CCN(C)CC4)cc3s2)c1. The highest BCUT2D eigenvalue weighted by Gasteiger charge is 2.21. The zero-order valence-electron chi connectivity index (χ0n) is 17.3. The van der Waals surface area contributed by atoms with E-state index >= 15 is 0 Å². The molecule has 1 N–H and O–H groups in total. The number of nitrogens with zero attached hydrogens (tertiary/aromatic N) is 3. The van der Waals surface area contributed by atoms with Gasteiger partial charge in [-0.25, -0.2) is 4.98 Å². The van der Waals surface area contributed by atoms with Crippen molar-refractivity contribution in [3.63, 3.8) is 0 Å². The third-order valence-corrected chi connectivity index (χ3v) is 5.94. The van der Waals surface area contributed by atoms with Gasteiger partial charge in [0.05, 0.1) is 10.2 Å². The van der Waals surface area contributed by atoms with E-state index in [1.807, 2.05) is 18.0 Å². The van der Waals surface area contributed by atoms with Gasteiger partial charge < -0.3 is 14.5 Å². The highest BCUT2D eigenvalue weighted by molar-refractivity contribution is 7.22. The first-order valence-corrected chi connectivity index (χ1v) is 10.7. The molecule has 1 saturated heterocycles. The lowest BCUT2D eigenvalue weighted by atomic mass is 10.1. The van der Waals surface area contributed by atoms with Crippen LogP contribution in [0, 0.1) is 0 Å². The number of hydrogen-bond acceptors (Lipinski definition) is 7. The molecule has 31 heavy (non-hydrogen) atoms. The number of carbonyl (C=O) groups is 3. The van der Waals surface area contributed by atoms with E-state index in [9.17, 15) is 14.4 Å². The Morgan fingerprint density at radius 1 is 1.03 bits per heavy atom. The summed E-state index contributed by atoms with van der Waals surface area (Å²) in [6.07, 6.45) is 0. The molecule has 0 aliphatic carbocycles. The largest absolute Gasteiger partial charge is 0.427 e. The van der Waals surface area contributed by atoms with Gasteiger partial charge in [-0.1, -0.05) is 17.4 Å². The van der Waals surface area contributed by atoms with E-state index in [4.69, 9.17) is 4.74 Å². The van der Waals surface area contributed by atoms with Gasteiger partial charge in [0, 0.05) is 44.2 Å². The van der Waals surface area contributed by atoms with Crippen molar-refractivity contribution in [3.8, 4) is 5.75 Å². The van der Waals surface area contributed by atoms with Crippen molar-refractivity contribution in [3.05, 3.63) is 53.6 Å². The topological polar surface area (TPSA) is 91.8 Å². The molecule has 2 heterocycles. The molecule has 8 nitrogen and oxygen atoms in total. The number of benzene rings is 2. The molecule has 1 aromatic heterocycles. The Morgan fingerprint density at radius 2 is 1.81 bits per heavy atom. The van der Waals surface area contributed by atoms with Crippen LogP contribution in [0.5, 0.6) is 5.75 Å². The summed E-state index contributed by atoms with van der Waals surface area (Å²) in [4.78, 5) is 45.0. The quantitative estimate of drug-likeness (QED) is 0.498. The first-order valence-electron chi connectivity index (χ1n) is 9.87. The third kappa shape index (κ3) is 4.89. The maximum atomic E-state index is 12.8. The molecular formula is C22H22N4O4S. The minimum absolute atomic E-state index is 0.0104. The number of ether oxygens (including phenoxy) is 1. The average Bonchev–Trinajstić information content (AvgIpc) is 3.15. The molecule has 0 atom stereocenters. The maximum absolute atomic E-state index is 12.8. The number of fused-ring (bicyclic) bond motifs is 1. The van der Waals surface area contributed by atoms with Crippen LogP contribution in [-0.4, -0.2) is 65.8 Å². The molecule has 4 rings (SSSR count). The minimum Gasteiger partial charge on any atom is -0.427 e. The Hall–Kier alpha value is -3.30. The number of esters is 1. The lowest BCUT2D eigenvalue weighted by Crippen LogP contribution is -2.47. The number of piperazine rings is 1. The number of hydrogen-bond donors (Lipinski definition) is 1. The number of aromatic nitrogens is 1. The molecule has 2 aromatic carbocycles. The smallest absolute Gasteiger partial charge is 0.308 e. The molecule has 1 aliphatic rings. The van der Waals surface area contributed by atoms with Crippen molar-refractivity contribution in [2.75, 3.05) is 38.5 Å². The summed E-state index contributed by atoms with van der Waals surface area (Å²) >= 11 is 1.31. The van der Waals surface area contributed by atoms with Gasteiger partial charge in [-0.15, -0.1) is 0 Å². The van der Waals surface area contributed by atoms with E-state index in [-0.39, 0.29) is 11.8 Å². The monoisotopic (exact) mass is 438 g/mol. The van der Waals surface area contributed by atoms with Gasteiger partial charge in [0.25, 0.3) is 11.8 Å².